The van der Waals surface area contributed by atoms with Crippen molar-refractivity contribution in [2.75, 3.05) is 18.9 Å². The topological polar surface area (TPSA) is 21.3 Å². The summed E-state index contributed by atoms with van der Waals surface area (Å²) in [6, 6.07) is 9.35. The first-order chi connectivity index (χ1) is 8.93. The number of benzene rings is 1. The van der Waals surface area contributed by atoms with Gasteiger partial charge in [0.05, 0.1) is 6.10 Å². The Bertz CT molecular complexity index is 390. The molecule has 1 aromatic rings. The second-order valence-corrected chi connectivity index (χ2v) is 6.24. The van der Waals surface area contributed by atoms with Crippen molar-refractivity contribution in [1.29, 1.82) is 0 Å². The fourth-order valence-electron chi connectivity index (χ4n) is 2.84. The summed E-state index contributed by atoms with van der Waals surface area (Å²) in [5.74, 6) is 1.23. The Balaban J connectivity index is 1.54. The smallest absolute Gasteiger partial charge is 0.0588 e. The molecule has 0 amide bonds. The second kappa shape index (κ2) is 6.09. The first-order valence-electron chi connectivity index (χ1n) is 7.00. The maximum Gasteiger partial charge on any atom is 0.0588 e. The monoisotopic (exact) mass is 263 g/mol. The Kier molecular flexibility index (Phi) is 4.24. The third kappa shape index (κ3) is 2.90. The minimum absolute atomic E-state index is 0.505. The lowest BCUT2D eigenvalue weighted by Crippen LogP contribution is -2.27. The van der Waals surface area contributed by atoms with E-state index in [-0.39, 0.29) is 0 Å². The molecule has 98 valence electrons. The number of hydrogen-bond acceptors (Lipinski definition) is 3. The summed E-state index contributed by atoms with van der Waals surface area (Å²) < 4.78 is 5.67. The van der Waals surface area contributed by atoms with Gasteiger partial charge in [-0.1, -0.05) is 18.2 Å². The zero-order valence-electron chi connectivity index (χ0n) is 10.7. The van der Waals surface area contributed by atoms with Crippen LogP contribution >= 0.6 is 11.8 Å². The third-order valence-corrected chi connectivity index (χ3v) is 4.96. The molecule has 2 atom stereocenters. The molecular formula is C15H21NOS. The molecule has 0 saturated carbocycles. The molecule has 0 bridgehead atoms. The Hall–Kier alpha value is -0.510. The van der Waals surface area contributed by atoms with E-state index in [1.54, 1.807) is 0 Å². The maximum absolute atomic E-state index is 5.67. The molecule has 1 fully saturated rings. The van der Waals surface area contributed by atoms with Gasteiger partial charge in [0.15, 0.2) is 0 Å². The molecular weight excluding hydrogens is 242 g/mol. The van der Waals surface area contributed by atoms with Crippen LogP contribution in [0.5, 0.6) is 0 Å². The highest BCUT2D eigenvalue weighted by Crippen LogP contribution is 2.35. The van der Waals surface area contributed by atoms with Gasteiger partial charge in [-0.15, -0.1) is 11.8 Å². The maximum atomic E-state index is 5.67. The number of ether oxygens (including phenoxy) is 1. The van der Waals surface area contributed by atoms with Crippen molar-refractivity contribution in [2.24, 2.45) is 0 Å². The third-order valence-electron chi connectivity index (χ3n) is 3.84. The summed E-state index contributed by atoms with van der Waals surface area (Å²) in [5, 5.41) is 3.71. The highest BCUT2D eigenvalue weighted by molar-refractivity contribution is 7.99. The Morgan fingerprint density at radius 3 is 3.11 bits per heavy atom. The summed E-state index contributed by atoms with van der Waals surface area (Å²) in [6.45, 7) is 2.04. The first kappa shape index (κ1) is 12.5. The van der Waals surface area contributed by atoms with Gasteiger partial charge in [-0.25, -0.2) is 0 Å². The Labute approximate surface area is 113 Å². The van der Waals surface area contributed by atoms with Gasteiger partial charge in [-0.05, 0) is 49.6 Å². The van der Waals surface area contributed by atoms with Crippen LogP contribution in [0.2, 0.25) is 0 Å². The van der Waals surface area contributed by atoms with Gasteiger partial charge in [0.25, 0.3) is 0 Å². The zero-order chi connectivity index (χ0) is 12.2. The standard InChI is InChI=1S/C15H21NOS/c1-2-6-15-13(5-1)14(8-11-18-15)16-9-7-12-4-3-10-17-12/h1-2,5-6,12,14,16H,3-4,7-11H2. The number of rotatable bonds is 4. The van der Waals surface area contributed by atoms with Crippen molar-refractivity contribution >= 4 is 11.8 Å². The quantitative estimate of drug-likeness (QED) is 0.900. The van der Waals surface area contributed by atoms with Crippen LogP contribution in [-0.4, -0.2) is 25.0 Å². The van der Waals surface area contributed by atoms with Gasteiger partial charge in [0.2, 0.25) is 0 Å². The number of nitrogens with one attached hydrogen (secondary N) is 1. The summed E-state index contributed by atoms with van der Waals surface area (Å²) >= 11 is 1.99. The van der Waals surface area contributed by atoms with Crippen molar-refractivity contribution in [2.45, 2.75) is 42.7 Å². The van der Waals surface area contributed by atoms with E-state index in [2.05, 4.69) is 29.6 Å². The molecule has 0 aromatic heterocycles. The summed E-state index contributed by atoms with van der Waals surface area (Å²) in [7, 11) is 0. The molecule has 0 aliphatic carbocycles. The number of fused-ring (bicyclic) bond motifs is 1. The summed E-state index contributed by atoms with van der Waals surface area (Å²) in [4.78, 5) is 1.46. The van der Waals surface area contributed by atoms with Crippen LogP contribution < -0.4 is 5.32 Å². The largest absolute Gasteiger partial charge is 0.378 e. The first-order valence-corrected chi connectivity index (χ1v) is 7.99. The average molecular weight is 263 g/mol. The number of thioether (sulfide) groups is 1. The minimum Gasteiger partial charge on any atom is -0.378 e. The fraction of sp³-hybridized carbons (Fsp3) is 0.600. The van der Waals surface area contributed by atoms with Gasteiger partial charge < -0.3 is 10.1 Å². The van der Waals surface area contributed by atoms with E-state index in [0.717, 1.165) is 19.6 Å². The Morgan fingerprint density at radius 1 is 1.28 bits per heavy atom. The highest BCUT2D eigenvalue weighted by Gasteiger charge is 2.20. The van der Waals surface area contributed by atoms with Crippen LogP contribution in [0.3, 0.4) is 0 Å². The lowest BCUT2D eigenvalue weighted by atomic mass is 10.0. The Morgan fingerprint density at radius 2 is 2.22 bits per heavy atom. The van der Waals surface area contributed by atoms with E-state index >= 15 is 0 Å². The van der Waals surface area contributed by atoms with Gasteiger partial charge >= 0.3 is 0 Å². The van der Waals surface area contributed by atoms with Gasteiger partial charge in [-0.3, -0.25) is 0 Å². The van der Waals surface area contributed by atoms with Crippen LogP contribution in [0.25, 0.3) is 0 Å². The number of hydrogen-bond donors (Lipinski definition) is 1. The summed E-state index contributed by atoms with van der Waals surface area (Å²) in [5.41, 5.74) is 1.49. The molecule has 0 radical (unpaired) electrons. The zero-order valence-corrected chi connectivity index (χ0v) is 11.5. The highest BCUT2D eigenvalue weighted by atomic mass is 32.2. The van der Waals surface area contributed by atoms with Crippen LogP contribution in [-0.2, 0) is 4.74 Å². The van der Waals surface area contributed by atoms with Gasteiger partial charge in [-0.2, -0.15) is 0 Å². The molecule has 2 aliphatic heterocycles. The van der Waals surface area contributed by atoms with Crippen molar-refractivity contribution < 1.29 is 4.74 Å². The van der Waals surface area contributed by atoms with Crippen molar-refractivity contribution in [3.05, 3.63) is 29.8 Å². The molecule has 18 heavy (non-hydrogen) atoms. The van der Waals surface area contributed by atoms with Crippen molar-refractivity contribution in [1.82, 2.24) is 5.32 Å². The fourth-order valence-corrected chi connectivity index (χ4v) is 3.97. The molecule has 3 rings (SSSR count). The lowest BCUT2D eigenvalue weighted by molar-refractivity contribution is 0.103. The normalized spacial score (nSPS) is 27.1. The molecule has 0 spiro atoms. The average Bonchev–Trinajstić information content (AvgIpc) is 2.92. The van der Waals surface area contributed by atoms with E-state index in [9.17, 15) is 0 Å². The molecule has 2 unspecified atom stereocenters. The van der Waals surface area contributed by atoms with Crippen LogP contribution in [0.4, 0.5) is 0 Å². The van der Waals surface area contributed by atoms with Gasteiger partial charge in [0.1, 0.15) is 0 Å². The molecule has 2 aliphatic rings. The van der Waals surface area contributed by atoms with Crippen LogP contribution in [0, 0.1) is 0 Å². The van der Waals surface area contributed by atoms with E-state index in [1.165, 1.54) is 35.5 Å². The van der Waals surface area contributed by atoms with E-state index in [0.29, 0.717) is 12.1 Å². The molecule has 3 heteroatoms. The molecule has 2 heterocycles. The second-order valence-electron chi connectivity index (χ2n) is 5.11. The molecule has 2 nitrogen and oxygen atoms in total. The molecule has 1 N–H and O–H groups in total. The van der Waals surface area contributed by atoms with Crippen LogP contribution in [0.1, 0.15) is 37.3 Å². The van der Waals surface area contributed by atoms with E-state index in [4.69, 9.17) is 4.74 Å². The van der Waals surface area contributed by atoms with Crippen LogP contribution in [0.15, 0.2) is 29.2 Å². The van der Waals surface area contributed by atoms with E-state index in [1.807, 2.05) is 11.8 Å². The van der Waals surface area contributed by atoms with Crippen molar-refractivity contribution in [3.63, 3.8) is 0 Å². The summed E-state index contributed by atoms with van der Waals surface area (Å²) in [6.07, 6.45) is 5.40. The van der Waals surface area contributed by atoms with E-state index < -0.39 is 0 Å². The van der Waals surface area contributed by atoms with Crippen molar-refractivity contribution in [3.8, 4) is 0 Å². The van der Waals surface area contributed by atoms with Gasteiger partial charge in [0, 0.05) is 17.5 Å². The molecule has 1 saturated heterocycles. The predicted molar refractivity (Wildman–Crippen MR) is 76.1 cm³/mol. The molecule has 1 aromatic carbocycles. The lowest BCUT2D eigenvalue weighted by Gasteiger charge is -2.26. The SMILES string of the molecule is c1ccc2c(c1)SCCC2NCCC1CCCO1. The predicted octanol–water partition coefficient (Wildman–Crippen LogP) is 3.38. The minimum atomic E-state index is 0.505.